The second kappa shape index (κ2) is 8.58. The van der Waals surface area contributed by atoms with E-state index in [1.54, 1.807) is 43.3 Å². The summed E-state index contributed by atoms with van der Waals surface area (Å²) in [6.45, 7) is 5.45. The number of rotatable bonds is 5. The SMILES string of the molecule is CC1CCC(Oc2[nH]ccc(=O)c2C(C)(C)O)CN1C(=O)c1ccccc1-n1nccn1. The molecule has 0 radical (unpaired) electrons. The first kappa shape index (κ1) is 21.8. The number of piperidine rings is 1. The van der Waals surface area contributed by atoms with E-state index in [1.807, 2.05) is 19.1 Å². The number of nitrogens with one attached hydrogen (secondary N) is 1. The van der Waals surface area contributed by atoms with Crippen LogP contribution in [0.25, 0.3) is 5.69 Å². The van der Waals surface area contributed by atoms with Gasteiger partial charge < -0.3 is 19.7 Å². The topological polar surface area (TPSA) is 113 Å². The highest BCUT2D eigenvalue weighted by Gasteiger charge is 2.33. The van der Waals surface area contributed by atoms with Crippen molar-refractivity contribution in [1.29, 1.82) is 0 Å². The lowest BCUT2D eigenvalue weighted by Crippen LogP contribution is -2.49. The van der Waals surface area contributed by atoms with E-state index < -0.39 is 5.60 Å². The Morgan fingerprint density at radius 1 is 1.19 bits per heavy atom. The zero-order valence-electron chi connectivity index (χ0n) is 18.4. The number of para-hydroxylation sites is 1. The monoisotopic (exact) mass is 437 g/mol. The molecule has 2 aromatic heterocycles. The van der Waals surface area contributed by atoms with Crippen LogP contribution in [0.2, 0.25) is 0 Å². The first-order valence-electron chi connectivity index (χ1n) is 10.6. The minimum atomic E-state index is -1.36. The molecule has 0 saturated carbocycles. The smallest absolute Gasteiger partial charge is 0.256 e. The van der Waals surface area contributed by atoms with Crippen LogP contribution in [0, 0.1) is 0 Å². The zero-order valence-corrected chi connectivity index (χ0v) is 18.4. The number of carbonyl (C=O) groups is 1. The lowest BCUT2D eigenvalue weighted by Gasteiger charge is -2.38. The largest absolute Gasteiger partial charge is 0.473 e. The molecule has 32 heavy (non-hydrogen) atoms. The minimum Gasteiger partial charge on any atom is -0.473 e. The van der Waals surface area contributed by atoms with Crippen LogP contribution in [-0.2, 0) is 5.60 Å². The maximum atomic E-state index is 13.5. The summed E-state index contributed by atoms with van der Waals surface area (Å²) >= 11 is 0. The number of aliphatic hydroxyl groups is 1. The van der Waals surface area contributed by atoms with Crippen LogP contribution in [0.3, 0.4) is 0 Å². The molecule has 9 nitrogen and oxygen atoms in total. The van der Waals surface area contributed by atoms with Crippen molar-refractivity contribution in [1.82, 2.24) is 24.9 Å². The number of amides is 1. The molecule has 4 rings (SSSR count). The molecule has 0 spiro atoms. The summed E-state index contributed by atoms with van der Waals surface area (Å²) in [4.78, 5) is 32.0. The van der Waals surface area contributed by atoms with Crippen LogP contribution in [0.1, 0.15) is 49.5 Å². The number of hydrogen-bond donors (Lipinski definition) is 2. The van der Waals surface area contributed by atoms with E-state index in [0.717, 1.165) is 12.8 Å². The van der Waals surface area contributed by atoms with Crippen molar-refractivity contribution in [3.05, 3.63) is 70.3 Å². The molecule has 9 heteroatoms. The fourth-order valence-corrected chi connectivity index (χ4v) is 4.08. The number of benzene rings is 1. The van der Waals surface area contributed by atoms with Crippen molar-refractivity contribution >= 4 is 5.91 Å². The van der Waals surface area contributed by atoms with Gasteiger partial charge >= 0.3 is 0 Å². The van der Waals surface area contributed by atoms with E-state index in [1.165, 1.54) is 17.1 Å². The Bertz CT molecular complexity index is 1150. The molecule has 1 amide bonds. The molecule has 0 bridgehead atoms. The van der Waals surface area contributed by atoms with Gasteiger partial charge in [-0.15, -0.1) is 0 Å². The predicted molar refractivity (Wildman–Crippen MR) is 118 cm³/mol. The van der Waals surface area contributed by atoms with E-state index in [2.05, 4.69) is 15.2 Å². The number of nitrogens with zero attached hydrogens (tertiary/aromatic N) is 4. The van der Waals surface area contributed by atoms with Gasteiger partial charge in [-0.2, -0.15) is 15.0 Å². The van der Waals surface area contributed by atoms with Gasteiger partial charge in [-0.1, -0.05) is 12.1 Å². The van der Waals surface area contributed by atoms with E-state index in [-0.39, 0.29) is 34.9 Å². The second-order valence-electron chi connectivity index (χ2n) is 8.56. The molecule has 3 heterocycles. The third kappa shape index (κ3) is 4.29. The maximum absolute atomic E-state index is 13.5. The summed E-state index contributed by atoms with van der Waals surface area (Å²) < 4.78 is 6.12. The number of H-pyrrole nitrogens is 1. The summed E-state index contributed by atoms with van der Waals surface area (Å²) in [6, 6.07) is 8.60. The van der Waals surface area contributed by atoms with Crippen molar-refractivity contribution in [2.24, 2.45) is 0 Å². The summed E-state index contributed by atoms with van der Waals surface area (Å²) in [5.74, 6) is 0.0982. The van der Waals surface area contributed by atoms with Crippen LogP contribution in [0.15, 0.2) is 53.7 Å². The van der Waals surface area contributed by atoms with Gasteiger partial charge in [0.05, 0.1) is 41.4 Å². The molecule has 168 valence electrons. The number of hydrogen-bond acceptors (Lipinski definition) is 6. The normalized spacial score (nSPS) is 19.1. The molecule has 1 fully saturated rings. The lowest BCUT2D eigenvalue weighted by atomic mass is 9.98. The van der Waals surface area contributed by atoms with Crippen molar-refractivity contribution in [2.75, 3.05) is 6.54 Å². The highest BCUT2D eigenvalue weighted by atomic mass is 16.5. The number of carbonyl (C=O) groups excluding carboxylic acids is 1. The molecule has 2 N–H and O–H groups in total. The predicted octanol–water partition coefficient (Wildman–Crippen LogP) is 2.26. The van der Waals surface area contributed by atoms with Crippen molar-refractivity contribution in [3.63, 3.8) is 0 Å². The lowest BCUT2D eigenvalue weighted by molar-refractivity contribution is 0.0323. The molecule has 2 atom stereocenters. The van der Waals surface area contributed by atoms with Gasteiger partial charge in [0.15, 0.2) is 5.43 Å². The van der Waals surface area contributed by atoms with Crippen LogP contribution >= 0.6 is 0 Å². The summed E-state index contributed by atoms with van der Waals surface area (Å²) in [6.07, 6.45) is 5.76. The fourth-order valence-electron chi connectivity index (χ4n) is 4.08. The van der Waals surface area contributed by atoms with Crippen LogP contribution in [0.5, 0.6) is 5.88 Å². The van der Waals surface area contributed by atoms with Gasteiger partial charge in [0.1, 0.15) is 6.10 Å². The molecule has 0 aliphatic carbocycles. The average molecular weight is 438 g/mol. The van der Waals surface area contributed by atoms with Crippen LogP contribution in [-0.4, -0.2) is 54.6 Å². The summed E-state index contributed by atoms with van der Waals surface area (Å²) in [5, 5.41) is 18.8. The molecule has 2 unspecified atom stereocenters. The van der Waals surface area contributed by atoms with Crippen molar-refractivity contribution < 1.29 is 14.6 Å². The van der Waals surface area contributed by atoms with Crippen molar-refractivity contribution in [3.8, 4) is 11.6 Å². The number of ether oxygens (including phenoxy) is 1. The highest BCUT2D eigenvalue weighted by molar-refractivity contribution is 5.98. The Morgan fingerprint density at radius 2 is 1.91 bits per heavy atom. The van der Waals surface area contributed by atoms with Gasteiger partial charge in [-0.25, -0.2) is 0 Å². The number of likely N-dealkylation sites (tertiary alicyclic amines) is 1. The van der Waals surface area contributed by atoms with Crippen molar-refractivity contribution in [2.45, 2.75) is 51.4 Å². The summed E-state index contributed by atoms with van der Waals surface area (Å²) in [5.41, 5.74) is -0.385. The van der Waals surface area contributed by atoms with E-state index >= 15 is 0 Å². The standard InChI is InChI=1S/C23H27N5O4/c1-15-8-9-16(32-21-20(23(2,3)31)19(29)10-11-24-21)14-27(15)22(30)17-6-4-5-7-18(17)28-25-12-13-26-28/h4-7,10-13,15-16,31H,8-9,14H2,1-3H3,(H,24,29). The molecule has 3 aromatic rings. The second-order valence-corrected chi connectivity index (χ2v) is 8.56. The van der Waals surface area contributed by atoms with E-state index in [0.29, 0.717) is 17.8 Å². The van der Waals surface area contributed by atoms with E-state index in [9.17, 15) is 14.7 Å². The zero-order chi connectivity index (χ0) is 22.9. The highest BCUT2D eigenvalue weighted by Crippen LogP contribution is 2.28. The molecule has 1 saturated heterocycles. The first-order chi connectivity index (χ1) is 15.3. The molecular weight excluding hydrogens is 410 g/mol. The molecule has 1 aliphatic rings. The Balaban J connectivity index is 1.59. The third-order valence-corrected chi connectivity index (χ3v) is 5.69. The number of aromatic amines is 1. The Morgan fingerprint density at radius 3 is 2.62 bits per heavy atom. The van der Waals surface area contributed by atoms with E-state index in [4.69, 9.17) is 4.74 Å². The fraction of sp³-hybridized carbons (Fsp3) is 0.391. The third-order valence-electron chi connectivity index (χ3n) is 5.69. The molecular formula is C23H27N5O4. The average Bonchev–Trinajstić information content (AvgIpc) is 3.28. The van der Waals surface area contributed by atoms with Gasteiger partial charge in [0, 0.05) is 18.3 Å². The minimum absolute atomic E-state index is 0.0181. The molecule has 1 aromatic carbocycles. The van der Waals surface area contributed by atoms with Crippen LogP contribution in [0.4, 0.5) is 0 Å². The number of pyridine rings is 1. The van der Waals surface area contributed by atoms with Gasteiger partial charge in [0.2, 0.25) is 5.88 Å². The Kier molecular flexibility index (Phi) is 5.84. The van der Waals surface area contributed by atoms with Crippen LogP contribution < -0.4 is 10.2 Å². The first-order valence-corrected chi connectivity index (χ1v) is 10.6. The number of aromatic nitrogens is 4. The van der Waals surface area contributed by atoms with Gasteiger partial charge in [-0.05, 0) is 45.7 Å². The Hall–Kier alpha value is -3.46. The van der Waals surface area contributed by atoms with Gasteiger partial charge in [0.25, 0.3) is 5.91 Å². The summed E-state index contributed by atoms with van der Waals surface area (Å²) in [7, 11) is 0. The Labute approximate surface area is 185 Å². The molecule has 1 aliphatic heterocycles. The quantitative estimate of drug-likeness (QED) is 0.633. The maximum Gasteiger partial charge on any atom is 0.256 e. The van der Waals surface area contributed by atoms with Gasteiger partial charge in [-0.3, -0.25) is 9.59 Å².